The van der Waals surface area contributed by atoms with Crippen molar-refractivity contribution in [2.75, 3.05) is 7.11 Å². The molecule has 1 unspecified atom stereocenters. The van der Waals surface area contributed by atoms with Crippen LogP contribution in [-0.2, 0) is 19.1 Å². The number of benzene rings is 1. The molecule has 0 spiro atoms. The van der Waals surface area contributed by atoms with Gasteiger partial charge in [-0.2, -0.15) is 0 Å². The number of nitrogens with zero attached hydrogens (tertiary/aromatic N) is 2. The number of esters is 1. The number of allylic oxidation sites excluding steroid dienone is 2. The van der Waals surface area contributed by atoms with Gasteiger partial charge in [0.1, 0.15) is 0 Å². The van der Waals surface area contributed by atoms with E-state index in [4.69, 9.17) is 4.74 Å². The minimum atomic E-state index is -1.55. The van der Waals surface area contributed by atoms with Crippen LogP contribution in [0.4, 0.5) is 5.69 Å². The Morgan fingerprint density at radius 1 is 1.29 bits per heavy atom. The van der Waals surface area contributed by atoms with E-state index in [2.05, 4.69) is 0 Å². The number of carboxylic acids is 1. The second-order valence-electron chi connectivity index (χ2n) is 6.44. The summed E-state index contributed by atoms with van der Waals surface area (Å²) >= 11 is 0. The summed E-state index contributed by atoms with van der Waals surface area (Å²) in [4.78, 5) is 48.3. The SMILES string of the molecule is COC(=O)C1=C(C=O)N(C(C)C)C(C)=C(C(=O)[O-])C1c1cccc([N+](=O)[O-])c1. The van der Waals surface area contributed by atoms with Gasteiger partial charge in [-0.05, 0) is 26.3 Å². The number of aliphatic carboxylic acids is 1. The molecule has 9 heteroatoms. The molecule has 0 amide bonds. The molecule has 0 saturated carbocycles. The molecule has 0 aliphatic carbocycles. The van der Waals surface area contributed by atoms with Crippen LogP contribution in [0.1, 0.15) is 32.3 Å². The van der Waals surface area contributed by atoms with Crippen LogP contribution in [0.25, 0.3) is 0 Å². The highest BCUT2D eigenvalue weighted by Gasteiger charge is 2.39. The average Bonchev–Trinajstić information content (AvgIpc) is 2.65. The molecule has 1 aromatic rings. The minimum Gasteiger partial charge on any atom is -0.545 e. The first-order valence-electron chi connectivity index (χ1n) is 8.39. The Balaban J connectivity index is 2.91. The lowest BCUT2D eigenvalue weighted by Crippen LogP contribution is -2.42. The van der Waals surface area contributed by atoms with E-state index in [1.54, 1.807) is 13.8 Å². The van der Waals surface area contributed by atoms with Crippen LogP contribution < -0.4 is 5.11 Å². The molecule has 0 bridgehead atoms. The van der Waals surface area contributed by atoms with Crippen molar-refractivity contribution in [2.24, 2.45) is 0 Å². The fourth-order valence-corrected chi connectivity index (χ4v) is 3.48. The minimum absolute atomic E-state index is 0.0548. The smallest absolute Gasteiger partial charge is 0.336 e. The standard InChI is InChI=1S/C19H20N2O7/c1-10(2)20-11(3)15(18(23)24)16(17(14(20)9-22)19(25)28-4)12-6-5-7-13(8-12)21(26)27/h5-10,16H,1-4H3,(H,23,24)/p-1. The van der Waals surface area contributed by atoms with E-state index < -0.39 is 22.8 Å². The van der Waals surface area contributed by atoms with E-state index in [1.807, 2.05) is 0 Å². The number of rotatable bonds is 6. The molecule has 1 aromatic carbocycles. The maximum absolute atomic E-state index is 12.5. The molecule has 1 heterocycles. The fourth-order valence-electron chi connectivity index (χ4n) is 3.48. The number of non-ortho nitro benzene ring substituents is 1. The first-order valence-corrected chi connectivity index (χ1v) is 8.39. The normalized spacial score (nSPS) is 17.0. The third-order valence-corrected chi connectivity index (χ3v) is 4.53. The van der Waals surface area contributed by atoms with Crippen molar-refractivity contribution in [3.05, 3.63) is 62.5 Å². The Morgan fingerprint density at radius 3 is 2.39 bits per heavy atom. The number of ether oxygens (including phenoxy) is 1. The zero-order chi connectivity index (χ0) is 21.2. The Bertz CT molecular complexity index is 915. The Hall–Kier alpha value is -3.49. The van der Waals surface area contributed by atoms with Crippen molar-refractivity contribution in [3.8, 4) is 0 Å². The number of methoxy groups -OCH3 is 1. The van der Waals surface area contributed by atoms with Crippen LogP contribution in [0, 0.1) is 10.1 Å². The van der Waals surface area contributed by atoms with Gasteiger partial charge in [0.2, 0.25) is 0 Å². The average molecular weight is 387 g/mol. The largest absolute Gasteiger partial charge is 0.545 e. The lowest BCUT2D eigenvalue weighted by molar-refractivity contribution is -0.384. The summed E-state index contributed by atoms with van der Waals surface area (Å²) in [5, 5.41) is 23.1. The summed E-state index contributed by atoms with van der Waals surface area (Å²) in [5.41, 5.74) is -0.439. The first-order chi connectivity index (χ1) is 13.1. The van der Waals surface area contributed by atoms with Crippen molar-refractivity contribution >= 4 is 23.9 Å². The van der Waals surface area contributed by atoms with E-state index in [0.29, 0.717) is 6.29 Å². The summed E-state index contributed by atoms with van der Waals surface area (Å²) in [6.45, 7) is 4.94. The van der Waals surface area contributed by atoms with E-state index in [1.165, 1.54) is 30.0 Å². The number of carboxylic acid groups (broad SMARTS) is 1. The molecule has 0 aromatic heterocycles. The molecule has 0 saturated heterocycles. The van der Waals surface area contributed by atoms with Crippen LogP contribution in [0.2, 0.25) is 0 Å². The molecule has 1 atom stereocenters. The predicted molar refractivity (Wildman–Crippen MR) is 95.6 cm³/mol. The number of nitro groups is 1. The molecule has 148 valence electrons. The highest BCUT2D eigenvalue weighted by Crippen LogP contribution is 2.43. The Labute approximate surface area is 161 Å². The van der Waals surface area contributed by atoms with E-state index in [0.717, 1.165) is 13.2 Å². The highest BCUT2D eigenvalue weighted by molar-refractivity contribution is 6.02. The molecule has 0 radical (unpaired) electrons. The van der Waals surface area contributed by atoms with Crippen molar-refractivity contribution in [2.45, 2.75) is 32.7 Å². The Morgan fingerprint density at radius 2 is 1.93 bits per heavy atom. The maximum atomic E-state index is 12.5. The predicted octanol–water partition coefficient (Wildman–Crippen LogP) is 1.05. The molecule has 0 N–H and O–H groups in total. The lowest BCUT2D eigenvalue weighted by atomic mass is 9.79. The van der Waals surface area contributed by atoms with Crippen molar-refractivity contribution in [1.82, 2.24) is 4.90 Å². The molecule has 1 aliphatic rings. The summed E-state index contributed by atoms with van der Waals surface area (Å²) in [6, 6.07) is 4.88. The topological polar surface area (TPSA) is 130 Å². The summed E-state index contributed by atoms with van der Waals surface area (Å²) < 4.78 is 4.79. The van der Waals surface area contributed by atoms with Gasteiger partial charge in [-0.15, -0.1) is 0 Å². The second kappa shape index (κ2) is 8.03. The number of hydrogen-bond donors (Lipinski definition) is 0. The lowest BCUT2D eigenvalue weighted by Gasteiger charge is -2.40. The van der Waals surface area contributed by atoms with E-state index in [-0.39, 0.29) is 39.8 Å². The zero-order valence-electron chi connectivity index (χ0n) is 15.8. The third-order valence-electron chi connectivity index (χ3n) is 4.53. The first kappa shape index (κ1) is 20.8. The Kier molecular flexibility index (Phi) is 5.97. The van der Waals surface area contributed by atoms with Gasteiger partial charge in [0, 0.05) is 35.4 Å². The van der Waals surface area contributed by atoms with Crippen LogP contribution >= 0.6 is 0 Å². The van der Waals surface area contributed by atoms with Gasteiger partial charge in [-0.3, -0.25) is 14.9 Å². The van der Waals surface area contributed by atoms with Crippen LogP contribution in [0.5, 0.6) is 0 Å². The number of carbonyl (C=O) groups excluding carboxylic acids is 3. The summed E-state index contributed by atoms with van der Waals surface area (Å²) in [5.74, 6) is -3.71. The highest BCUT2D eigenvalue weighted by atomic mass is 16.6. The van der Waals surface area contributed by atoms with E-state index in [9.17, 15) is 29.6 Å². The van der Waals surface area contributed by atoms with Crippen LogP contribution in [0.15, 0.2) is 46.8 Å². The van der Waals surface area contributed by atoms with Gasteiger partial charge in [0.05, 0.1) is 29.3 Å². The monoisotopic (exact) mass is 387 g/mol. The second-order valence-corrected chi connectivity index (χ2v) is 6.44. The van der Waals surface area contributed by atoms with Gasteiger partial charge < -0.3 is 19.5 Å². The van der Waals surface area contributed by atoms with Crippen molar-refractivity contribution < 1.29 is 29.2 Å². The van der Waals surface area contributed by atoms with E-state index >= 15 is 0 Å². The molecular formula is C19H19N2O7-. The maximum Gasteiger partial charge on any atom is 0.336 e. The van der Waals surface area contributed by atoms with Crippen LogP contribution in [-0.4, -0.2) is 41.2 Å². The van der Waals surface area contributed by atoms with Crippen LogP contribution in [0.3, 0.4) is 0 Å². The van der Waals surface area contributed by atoms with Crippen molar-refractivity contribution in [3.63, 3.8) is 0 Å². The molecule has 2 rings (SSSR count). The zero-order valence-corrected chi connectivity index (χ0v) is 15.8. The third kappa shape index (κ3) is 3.51. The fraction of sp³-hybridized carbons (Fsp3) is 0.316. The number of carbonyl (C=O) groups is 3. The number of hydrogen-bond acceptors (Lipinski definition) is 8. The molecule has 1 aliphatic heterocycles. The quantitative estimate of drug-likeness (QED) is 0.306. The molecule has 0 fully saturated rings. The van der Waals surface area contributed by atoms with Gasteiger partial charge in [-0.25, -0.2) is 4.79 Å². The number of nitro benzene ring substituents is 1. The summed E-state index contributed by atoms with van der Waals surface area (Å²) in [7, 11) is 1.10. The van der Waals surface area contributed by atoms with Gasteiger partial charge in [-0.1, -0.05) is 12.1 Å². The van der Waals surface area contributed by atoms with Gasteiger partial charge >= 0.3 is 5.97 Å². The molecular weight excluding hydrogens is 368 g/mol. The van der Waals surface area contributed by atoms with Crippen molar-refractivity contribution in [1.29, 1.82) is 0 Å². The number of aldehydes is 1. The summed E-state index contributed by atoms with van der Waals surface area (Å²) in [6.07, 6.45) is 0.451. The van der Waals surface area contributed by atoms with Gasteiger partial charge in [0.25, 0.3) is 5.69 Å². The molecule has 9 nitrogen and oxygen atoms in total. The molecule has 28 heavy (non-hydrogen) atoms. The van der Waals surface area contributed by atoms with Gasteiger partial charge in [0.15, 0.2) is 6.29 Å².